The van der Waals surface area contributed by atoms with Gasteiger partial charge in [-0.3, -0.25) is 0 Å². The highest BCUT2D eigenvalue weighted by atomic mass is 15.4. The van der Waals surface area contributed by atoms with Gasteiger partial charge in [-0.15, -0.1) is 5.10 Å². The molecule has 1 saturated heterocycles. The van der Waals surface area contributed by atoms with E-state index >= 15 is 0 Å². The van der Waals surface area contributed by atoms with Crippen molar-refractivity contribution in [3.8, 4) is 0 Å². The number of rotatable bonds is 4. The van der Waals surface area contributed by atoms with E-state index in [2.05, 4.69) is 42.2 Å². The normalized spacial score (nSPS) is 14.9. The van der Waals surface area contributed by atoms with Gasteiger partial charge in [0.25, 0.3) is 0 Å². The van der Waals surface area contributed by atoms with Crippen LogP contribution in [0.25, 0.3) is 0 Å². The fraction of sp³-hybridized carbons (Fsp3) is 0.500. The van der Waals surface area contributed by atoms with Crippen molar-refractivity contribution in [2.45, 2.75) is 20.8 Å². The summed E-state index contributed by atoms with van der Waals surface area (Å²) < 4.78 is 0. The zero-order valence-corrected chi connectivity index (χ0v) is 14.0. The molecule has 2 aromatic rings. The van der Waals surface area contributed by atoms with E-state index in [0.29, 0.717) is 0 Å². The molecule has 0 unspecified atom stereocenters. The van der Waals surface area contributed by atoms with Crippen LogP contribution in [-0.2, 0) is 0 Å². The summed E-state index contributed by atoms with van der Waals surface area (Å²) in [5.41, 5.74) is 1.93. The number of nitrogens with one attached hydrogen (secondary N) is 1. The van der Waals surface area contributed by atoms with Gasteiger partial charge in [-0.2, -0.15) is 10.1 Å². The number of nitrogens with zero attached hydrogens (tertiary/aromatic N) is 6. The van der Waals surface area contributed by atoms with Crippen LogP contribution in [0.3, 0.4) is 0 Å². The Balaban J connectivity index is 1.68. The summed E-state index contributed by atoms with van der Waals surface area (Å²) in [6.45, 7) is 10.4. The Morgan fingerprint density at radius 2 is 1.70 bits per heavy atom. The number of aromatic nitrogens is 4. The summed E-state index contributed by atoms with van der Waals surface area (Å²) in [7, 11) is 0. The van der Waals surface area contributed by atoms with E-state index in [4.69, 9.17) is 0 Å². The number of hydrogen-bond donors (Lipinski definition) is 1. The predicted molar refractivity (Wildman–Crippen MR) is 92.1 cm³/mol. The third kappa shape index (κ3) is 3.67. The van der Waals surface area contributed by atoms with E-state index in [1.54, 1.807) is 0 Å². The Morgan fingerprint density at radius 3 is 2.35 bits per heavy atom. The fourth-order valence-corrected chi connectivity index (χ4v) is 2.66. The van der Waals surface area contributed by atoms with E-state index in [0.717, 1.165) is 61.7 Å². The zero-order chi connectivity index (χ0) is 16.2. The maximum absolute atomic E-state index is 4.61. The molecule has 0 aromatic carbocycles. The van der Waals surface area contributed by atoms with Gasteiger partial charge in [0.1, 0.15) is 5.82 Å². The van der Waals surface area contributed by atoms with Crippen molar-refractivity contribution in [1.82, 2.24) is 20.2 Å². The highest BCUT2D eigenvalue weighted by molar-refractivity contribution is 5.46. The van der Waals surface area contributed by atoms with Gasteiger partial charge < -0.3 is 15.1 Å². The van der Waals surface area contributed by atoms with Crippen LogP contribution in [0.2, 0.25) is 0 Å². The molecule has 23 heavy (non-hydrogen) atoms. The minimum atomic E-state index is 0.801. The molecule has 1 aliphatic rings. The molecule has 0 aliphatic carbocycles. The summed E-state index contributed by atoms with van der Waals surface area (Å²) in [5.74, 6) is 2.63. The summed E-state index contributed by atoms with van der Waals surface area (Å²) >= 11 is 0. The lowest BCUT2D eigenvalue weighted by Gasteiger charge is -2.35. The standard InChI is InChI=1S/C16H23N7/c1-4-17-14-11-13(3)18-16(19-14)23-9-7-22(8-10-23)15-6-5-12(2)20-21-15/h5-6,11H,4,7-10H2,1-3H3,(H,17,18,19). The summed E-state index contributed by atoms with van der Waals surface area (Å²) in [4.78, 5) is 13.7. The molecule has 0 spiro atoms. The summed E-state index contributed by atoms with van der Waals surface area (Å²) in [5, 5.41) is 11.7. The average Bonchev–Trinajstić information content (AvgIpc) is 2.55. The van der Waals surface area contributed by atoms with Crippen molar-refractivity contribution < 1.29 is 0 Å². The van der Waals surface area contributed by atoms with Crippen LogP contribution in [-0.4, -0.2) is 52.9 Å². The molecule has 2 aromatic heterocycles. The SMILES string of the molecule is CCNc1cc(C)nc(N2CCN(c3ccc(C)nn3)CC2)n1. The topological polar surface area (TPSA) is 70.1 Å². The van der Waals surface area contributed by atoms with Gasteiger partial charge in [0, 0.05) is 44.5 Å². The minimum absolute atomic E-state index is 0.801. The number of hydrogen-bond acceptors (Lipinski definition) is 7. The molecular weight excluding hydrogens is 290 g/mol. The van der Waals surface area contributed by atoms with Gasteiger partial charge in [-0.25, -0.2) is 4.98 Å². The highest BCUT2D eigenvalue weighted by Crippen LogP contribution is 2.18. The molecular formula is C16H23N7. The van der Waals surface area contributed by atoms with Crippen LogP contribution in [0, 0.1) is 13.8 Å². The number of aryl methyl sites for hydroxylation is 2. The molecule has 3 heterocycles. The van der Waals surface area contributed by atoms with Crippen LogP contribution in [0.15, 0.2) is 18.2 Å². The van der Waals surface area contributed by atoms with Gasteiger partial charge >= 0.3 is 0 Å². The first kappa shape index (κ1) is 15.5. The molecule has 0 amide bonds. The van der Waals surface area contributed by atoms with Gasteiger partial charge in [0.2, 0.25) is 5.95 Å². The largest absolute Gasteiger partial charge is 0.370 e. The van der Waals surface area contributed by atoms with Crippen LogP contribution in [0.5, 0.6) is 0 Å². The molecule has 0 atom stereocenters. The third-order valence-corrected chi connectivity index (χ3v) is 3.87. The van der Waals surface area contributed by atoms with Crippen molar-refractivity contribution in [2.75, 3.05) is 47.8 Å². The Kier molecular flexibility index (Phi) is 4.55. The van der Waals surface area contributed by atoms with Gasteiger partial charge in [-0.05, 0) is 32.9 Å². The molecule has 0 bridgehead atoms. The van der Waals surface area contributed by atoms with E-state index in [1.807, 2.05) is 32.0 Å². The van der Waals surface area contributed by atoms with Crippen LogP contribution in [0.1, 0.15) is 18.3 Å². The first-order valence-corrected chi connectivity index (χ1v) is 8.05. The van der Waals surface area contributed by atoms with Crippen molar-refractivity contribution in [3.05, 3.63) is 29.6 Å². The average molecular weight is 313 g/mol. The second-order valence-electron chi connectivity index (χ2n) is 5.73. The van der Waals surface area contributed by atoms with Gasteiger partial charge in [-0.1, -0.05) is 0 Å². The lowest BCUT2D eigenvalue weighted by atomic mass is 10.3. The molecule has 1 fully saturated rings. The quantitative estimate of drug-likeness (QED) is 0.920. The smallest absolute Gasteiger partial charge is 0.227 e. The van der Waals surface area contributed by atoms with E-state index < -0.39 is 0 Å². The molecule has 7 nitrogen and oxygen atoms in total. The first-order valence-electron chi connectivity index (χ1n) is 8.05. The van der Waals surface area contributed by atoms with Crippen LogP contribution >= 0.6 is 0 Å². The summed E-state index contributed by atoms with van der Waals surface area (Å²) in [6.07, 6.45) is 0. The van der Waals surface area contributed by atoms with Gasteiger partial charge in [0.05, 0.1) is 5.69 Å². The molecule has 7 heteroatoms. The maximum Gasteiger partial charge on any atom is 0.227 e. The lowest BCUT2D eigenvalue weighted by molar-refractivity contribution is 0.630. The van der Waals surface area contributed by atoms with E-state index in [9.17, 15) is 0 Å². The monoisotopic (exact) mass is 313 g/mol. The van der Waals surface area contributed by atoms with Crippen LogP contribution in [0.4, 0.5) is 17.6 Å². The van der Waals surface area contributed by atoms with Gasteiger partial charge in [0.15, 0.2) is 5.82 Å². The Morgan fingerprint density at radius 1 is 0.957 bits per heavy atom. The van der Waals surface area contributed by atoms with E-state index in [1.165, 1.54) is 0 Å². The Labute approximate surface area is 136 Å². The van der Waals surface area contributed by atoms with E-state index in [-0.39, 0.29) is 0 Å². The number of piperazine rings is 1. The van der Waals surface area contributed by atoms with Crippen molar-refractivity contribution in [1.29, 1.82) is 0 Å². The number of anilines is 3. The first-order chi connectivity index (χ1) is 11.2. The summed E-state index contributed by atoms with van der Waals surface area (Å²) in [6, 6.07) is 6.01. The zero-order valence-electron chi connectivity index (χ0n) is 14.0. The van der Waals surface area contributed by atoms with Crippen LogP contribution < -0.4 is 15.1 Å². The second-order valence-corrected chi connectivity index (χ2v) is 5.73. The maximum atomic E-state index is 4.61. The molecule has 122 valence electrons. The predicted octanol–water partition coefficient (Wildman–Crippen LogP) is 1.64. The van der Waals surface area contributed by atoms with Crippen molar-refractivity contribution in [2.24, 2.45) is 0 Å². The highest BCUT2D eigenvalue weighted by Gasteiger charge is 2.20. The molecule has 3 rings (SSSR count). The molecule has 1 aliphatic heterocycles. The van der Waals surface area contributed by atoms with Crippen molar-refractivity contribution in [3.63, 3.8) is 0 Å². The Bertz CT molecular complexity index is 648. The lowest BCUT2D eigenvalue weighted by Crippen LogP contribution is -2.47. The third-order valence-electron chi connectivity index (χ3n) is 3.87. The Hall–Kier alpha value is -2.44. The molecule has 0 saturated carbocycles. The molecule has 1 N–H and O–H groups in total. The second kappa shape index (κ2) is 6.76. The fourth-order valence-electron chi connectivity index (χ4n) is 2.66. The molecule has 0 radical (unpaired) electrons. The van der Waals surface area contributed by atoms with Crippen molar-refractivity contribution >= 4 is 17.6 Å². The minimum Gasteiger partial charge on any atom is -0.370 e.